The van der Waals surface area contributed by atoms with Gasteiger partial charge in [-0.1, -0.05) is 16.7 Å². The lowest BCUT2D eigenvalue weighted by Gasteiger charge is -2.16. The minimum atomic E-state index is -0.390. The summed E-state index contributed by atoms with van der Waals surface area (Å²) >= 11 is 5.85. The van der Waals surface area contributed by atoms with E-state index in [-0.39, 0.29) is 11.9 Å². The van der Waals surface area contributed by atoms with Crippen LogP contribution in [0.4, 0.5) is 6.01 Å². The first-order chi connectivity index (χ1) is 14.5. The molecule has 0 atom stereocenters. The van der Waals surface area contributed by atoms with E-state index in [0.29, 0.717) is 53.2 Å². The first-order valence-electron chi connectivity index (χ1n) is 9.52. The molecule has 1 heterocycles. The molecule has 0 unspecified atom stereocenters. The quantitative estimate of drug-likeness (QED) is 0.517. The summed E-state index contributed by atoms with van der Waals surface area (Å²) in [5.74, 6) is 1.33. The number of benzene rings is 2. The molecule has 158 valence electrons. The Morgan fingerprint density at radius 1 is 0.967 bits per heavy atom. The van der Waals surface area contributed by atoms with Crippen molar-refractivity contribution in [3.8, 4) is 28.7 Å². The number of nitrogens with one attached hydrogen (secondary N) is 1. The lowest BCUT2D eigenvalue weighted by Crippen LogP contribution is -2.11. The fourth-order valence-corrected chi connectivity index (χ4v) is 2.80. The van der Waals surface area contributed by atoms with Gasteiger partial charge in [0.2, 0.25) is 11.6 Å². The van der Waals surface area contributed by atoms with E-state index in [1.165, 1.54) is 0 Å². The van der Waals surface area contributed by atoms with Crippen molar-refractivity contribution in [2.45, 2.75) is 20.8 Å². The summed E-state index contributed by atoms with van der Waals surface area (Å²) in [5.41, 5.74) is 0.988. The maximum atomic E-state index is 12.3. The second-order valence-electron chi connectivity index (χ2n) is 5.97. The number of carbonyl (C=O) groups is 1. The van der Waals surface area contributed by atoms with Gasteiger partial charge in [-0.3, -0.25) is 10.1 Å². The minimum Gasteiger partial charge on any atom is -0.490 e. The van der Waals surface area contributed by atoms with E-state index in [4.69, 9.17) is 30.2 Å². The number of ether oxygens (including phenoxy) is 3. The molecule has 3 aromatic rings. The highest BCUT2D eigenvalue weighted by Gasteiger charge is 2.19. The highest BCUT2D eigenvalue weighted by Crippen LogP contribution is 2.41. The topological polar surface area (TPSA) is 95.7 Å². The van der Waals surface area contributed by atoms with Crippen LogP contribution in [0.3, 0.4) is 0 Å². The molecule has 0 aliphatic heterocycles. The molecule has 30 heavy (non-hydrogen) atoms. The molecular weight excluding hydrogens is 410 g/mol. The number of amides is 1. The van der Waals surface area contributed by atoms with Crippen LogP contribution in [0.25, 0.3) is 11.5 Å². The second kappa shape index (κ2) is 9.98. The van der Waals surface area contributed by atoms with E-state index < -0.39 is 5.91 Å². The molecule has 0 fully saturated rings. The Labute approximate surface area is 179 Å². The second-order valence-corrected chi connectivity index (χ2v) is 6.41. The molecule has 1 N–H and O–H groups in total. The van der Waals surface area contributed by atoms with Crippen LogP contribution in [0.1, 0.15) is 31.1 Å². The van der Waals surface area contributed by atoms with Gasteiger partial charge in [0.05, 0.1) is 19.8 Å². The molecule has 3 rings (SSSR count). The van der Waals surface area contributed by atoms with Crippen LogP contribution in [0.15, 0.2) is 40.8 Å². The van der Waals surface area contributed by atoms with Crippen molar-refractivity contribution < 1.29 is 23.4 Å². The summed E-state index contributed by atoms with van der Waals surface area (Å²) in [5, 5.41) is 11.0. The van der Waals surface area contributed by atoms with Gasteiger partial charge in [0.1, 0.15) is 0 Å². The number of hydrogen-bond acceptors (Lipinski definition) is 7. The van der Waals surface area contributed by atoms with E-state index in [1.807, 2.05) is 20.8 Å². The molecule has 2 aromatic carbocycles. The summed E-state index contributed by atoms with van der Waals surface area (Å²) in [6, 6.07) is 9.88. The van der Waals surface area contributed by atoms with E-state index in [9.17, 15) is 4.79 Å². The Morgan fingerprint density at radius 3 is 2.13 bits per heavy atom. The number of nitrogens with zero attached hydrogens (tertiary/aromatic N) is 2. The molecule has 0 saturated heterocycles. The Balaban J connectivity index is 1.87. The monoisotopic (exact) mass is 431 g/mol. The van der Waals surface area contributed by atoms with E-state index >= 15 is 0 Å². The molecule has 9 heteroatoms. The summed E-state index contributed by atoms with van der Waals surface area (Å²) in [4.78, 5) is 12.3. The third-order valence-corrected chi connectivity index (χ3v) is 4.16. The summed E-state index contributed by atoms with van der Waals surface area (Å²) in [6.07, 6.45) is 0. The van der Waals surface area contributed by atoms with Crippen molar-refractivity contribution in [3.63, 3.8) is 0 Å². The molecule has 1 amide bonds. The first kappa shape index (κ1) is 21.4. The molecule has 8 nitrogen and oxygen atoms in total. The van der Waals surface area contributed by atoms with Gasteiger partial charge in [0.15, 0.2) is 11.5 Å². The van der Waals surface area contributed by atoms with Crippen molar-refractivity contribution in [2.24, 2.45) is 0 Å². The van der Waals surface area contributed by atoms with Crippen molar-refractivity contribution in [1.29, 1.82) is 0 Å². The third kappa shape index (κ3) is 5.01. The number of anilines is 1. The van der Waals surface area contributed by atoms with Crippen molar-refractivity contribution in [1.82, 2.24) is 10.2 Å². The number of aromatic nitrogens is 2. The average Bonchev–Trinajstić information content (AvgIpc) is 3.19. The fraction of sp³-hybridized carbons (Fsp3) is 0.286. The van der Waals surface area contributed by atoms with Gasteiger partial charge in [0, 0.05) is 16.1 Å². The van der Waals surface area contributed by atoms with Gasteiger partial charge in [-0.25, -0.2) is 0 Å². The number of rotatable bonds is 9. The van der Waals surface area contributed by atoms with Crippen molar-refractivity contribution in [2.75, 3.05) is 25.1 Å². The Kier molecular flexibility index (Phi) is 7.13. The minimum absolute atomic E-state index is 0.0326. The van der Waals surface area contributed by atoms with Gasteiger partial charge >= 0.3 is 6.01 Å². The SMILES string of the molecule is CCOc1cc(-c2nnc(NC(=O)c3ccc(Cl)cc3)o2)cc(OCC)c1OCC. The zero-order chi connectivity index (χ0) is 21.5. The highest BCUT2D eigenvalue weighted by atomic mass is 35.5. The maximum Gasteiger partial charge on any atom is 0.322 e. The zero-order valence-corrected chi connectivity index (χ0v) is 17.7. The fourth-order valence-electron chi connectivity index (χ4n) is 2.67. The smallest absolute Gasteiger partial charge is 0.322 e. The molecule has 0 saturated carbocycles. The summed E-state index contributed by atoms with van der Waals surface area (Å²) < 4.78 is 22.7. The Morgan fingerprint density at radius 2 is 1.57 bits per heavy atom. The molecule has 0 spiro atoms. The molecule has 0 bridgehead atoms. The van der Waals surface area contributed by atoms with Crippen molar-refractivity contribution >= 4 is 23.5 Å². The van der Waals surface area contributed by atoms with E-state index in [1.54, 1.807) is 36.4 Å². The van der Waals surface area contributed by atoms with Gasteiger partial charge < -0.3 is 18.6 Å². The summed E-state index contributed by atoms with van der Waals surface area (Å²) in [7, 11) is 0. The van der Waals surface area contributed by atoms with Crippen LogP contribution in [0.2, 0.25) is 5.02 Å². The van der Waals surface area contributed by atoms with Crippen LogP contribution < -0.4 is 19.5 Å². The normalized spacial score (nSPS) is 10.5. The third-order valence-electron chi connectivity index (χ3n) is 3.91. The lowest BCUT2D eigenvalue weighted by atomic mass is 10.2. The lowest BCUT2D eigenvalue weighted by molar-refractivity contribution is 0.102. The predicted molar refractivity (Wildman–Crippen MR) is 113 cm³/mol. The Bertz CT molecular complexity index is 977. The van der Waals surface area contributed by atoms with Crippen LogP contribution in [-0.2, 0) is 0 Å². The van der Waals surface area contributed by atoms with E-state index in [0.717, 1.165) is 0 Å². The average molecular weight is 432 g/mol. The zero-order valence-electron chi connectivity index (χ0n) is 16.9. The molecular formula is C21H22ClN3O5. The number of carbonyl (C=O) groups excluding carboxylic acids is 1. The molecule has 0 aliphatic rings. The van der Waals surface area contributed by atoms with Gasteiger partial charge in [-0.05, 0) is 57.2 Å². The first-order valence-corrected chi connectivity index (χ1v) is 9.90. The molecule has 0 radical (unpaired) electrons. The van der Waals surface area contributed by atoms with Gasteiger partial charge in [-0.2, -0.15) is 0 Å². The number of halogens is 1. The standard InChI is InChI=1S/C21H22ClN3O5/c1-4-27-16-11-14(12-17(28-5-2)18(16)29-6-3)20-24-25-21(30-20)23-19(26)13-7-9-15(22)10-8-13/h7-12H,4-6H2,1-3H3,(H,23,25,26). The summed E-state index contributed by atoms with van der Waals surface area (Å²) in [6.45, 7) is 6.98. The highest BCUT2D eigenvalue weighted by molar-refractivity contribution is 6.30. The van der Waals surface area contributed by atoms with Crippen LogP contribution >= 0.6 is 11.6 Å². The van der Waals surface area contributed by atoms with Crippen LogP contribution in [-0.4, -0.2) is 35.9 Å². The van der Waals surface area contributed by atoms with Gasteiger partial charge in [-0.15, -0.1) is 5.10 Å². The molecule has 0 aliphatic carbocycles. The van der Waals surface area contributed by atoms with Crippen LogP contribution in [0.5, 0.6) is 17.2 Å². The molecule has 1 aromatic heterocycles. The largest absolute Gasteiger partial charge is 0.490 e. The van der Waals surface area contributed by atoms with Crippen molar-refractivity contribution in [3.05, 3.63) is 47.0 Å². The van der Waals surface area contributed by atoms with Gasteiger partial charge in [0.25, 0.3) is 5.91 Å². The van der Waals surface area contributed by atoms with E-state index in [2.05, 4.69) is 15.5 Å². The number of hydrogen-bond donors (Lipinski definition) is 1. The Hall–Kier alpha value is -3.26. The predicted octanol–water partition coefficient (Wildman–Crippen LogP) is 4.84. The maximum absolute atomic E-state index is 12.3. The van der Waals surface area contributed by atoms with Crippen LogP contribution in [0, 0.1) is 0 Å².